The Morgan fingerprint density at radius 1 is 1.46 bits per heavy atom. The van der Waals surface area contributed by atoms with Gasteiger partial charge in [0.05, 0.1) is 17.2 Å². The molecule has 0 bridgehead atoms. The molecule has 10 nitrogen and oxygen atoms in total. The second-order valence-corrected chi connectivity index (χ2v) is 6.42. The molecule has 10 heteroatoms. The Hall–Kier alpha value is -2.91. The van der Waals surface area contributed by atoms with E-state index in [0.717, 1.165) is 17.2 Å². The Morgan fingerprint density at radius 3 is 2.77 bits per heavy atom. The van der Waals surface area contributed by atoms with Crippen LogP contribution in [0.2, 0.25) is 0 Å². The predicted octanol–water partition coefficient (Wildman–Crippen LogP) is 1.36. The van der Waals surface area contributed by atoms with Gasteiger partial charge in [-0.25, -0.2) is 0 Å². The van der Waals surface area contributed by atoms with Crippen LogP contribution in [0, 0.1) is 10.1 Å². The van der Waals surface area contributed by atoms with Crippen molar-refractivity contribution in [1.82, 2.24) is 29.8 Å². The summed E-state index contributed by atoms with van der Waals surface area (Å²) in [6.45, 7) is 6.00. The molecule has 0 saturated carbocycles. The first-order valence-corrected chi connectivity index (χ1v) is 8.42. The smallest absolute Gasteiger partial charge is 0.306 e. The van der Waals surface area contributed by atoms with Gasteiger partial charge in [-0.1, -0.05) is 13.8 Å². The van der Waals surface area contributed by atoms with Gasteiger partial charge < -0.3 is 10.2 Å². The lowest BCUT2D eigenvalue weighted by Gasteiger charge is -2.22. The summed E-state index contributed by atoms with van der Waals surface area (Å²) in [7, 11) is 5.61. The summed E-state index contributed by atoms with van der Waals surface area (Å²) in [5.74, 6) is 1.09. The molecule has 2 heterocycles. The van der Waals surface area contributed by atoms with Crippen LogP contribution in [0.4, 0.5) is 5.69 Å². The summed E-state index contributed by atoms with van der Waals surface area (Å²) in [4.78, 5) is 16.6. The molecule has 0 amide bonds. The van der Waals surface area contributed by atoms with Crippen LogP contribution in [0.25, 0.3) is 0 Å². The van der Waals surface area contributed by atoms with E-state index in [1.165, 1.54) is 17.1 Å². The van der Waals surface area contributed by atoms with Gasteiger partial charge in [0.1, 0.15) is 12.4 Å². The molecule has 0 saturated heterocycles. The Kier molecular flexibility index (Phi) is 6.31. The van der Waals surface area contributed by atoms with Gasteiger partial charge >= 0.3 is 5.69 Å². The fourth-order valence-corrected chi connectivity index (χ4v) is 2.73. The predicted molar refractivity (Wildman–Crippen MR) is 99.0 cm³/mol. The van der Waals surface area contributed by atoms with E-state index in [-0.39, 0.29) is 5.69 Å². The first-order chi connectivity index (χ1) is 12.3. The highest BCUT2D eigenvalue weighted by Gasteiger charge is 2.15. The lowest BCUT2D eigenvalue weighted by atomic mass is 10.1. The summed E-state index contributed by atoms with van der Waals surface area (Å²) in [5.41, 5.74) is 2.23. The van der Waals surface area contributed by atoms with Crippen molar-refractivity contribution in [3.05, 3.63) is 40.0 Å². The number of aliphatic imine (C=N–C) groups is 1. The van der Waals surface area contributed by atoms with Gasteiger partial charge in [-0.3, -0.25) is 24.5 Å². The van der Waals surface area contributed by atoms with Crippen LogP contribution in [0.5, 0.6) is 0 Å². The maximum atomic E-state index is 10.7. The molecule has 2 rings (SSSR count). The summed E-state index contributed by atoms with van der Waals surface area (Å²) >= 11 is 0. The molecule has 2 aromatic heterocycles. The first-order valence-electron chi connectivity index (χ1n) is 8.42. The summed E-state index contributed by atoms with van der Waals surface area (Å²) in [6, 6.07) is 0. The van der Waals surface area contributed by atoms with Crippen LogP contribution < -0.4 is 5.32 Å². The van der Waals surface area contributed by atoms with Gasteiger partial charge in [0.25, 0.3) is 0 Å². The minimum Gasteiger partial charge on any atom is -0.354 e. The quantitative estimate of drug-likeness (QED) is 0.345. The lowest BCUT2D eigenvalue weighted by molar-refractivity contribution is -0.385. The molecule has 0 unspecified atom stereocenters. The number of hydrogen-bond donors (Lipinski definition) is 1. The van der Waals surface area contributed by atoms with E-state index >= 15 is 0 Å². The molecule has 0 aromatic carbocycles. The zero-order valence-electron chi connectivity index (χ0n) is 15.9. The third-order valence-electron chi connectivity index (χ3n) is 3.92. The molecular formula is C16H26N8O2. The average Bonchev–Trinajstić information content (AvgIpc) is 3.18. The molecule has 0 fully saturated rings. The van der Waals surface area contributed by atoms with E-state index < -0.39 is 4.92 Å². The Balaban J connectivity index is 1.92. The minimum absolute atomic E-state index is 0.00991. The summed E-state index contributed by atoms with van der Waals surface area (Å²) in [6.07, 6.45) is 4.69. The summed E-state index contributed by atoms with van der Waals surface area (Å²) in [5, 5.41) is 22.4. The van der Waals surface area contributed by atoms with Crippen molar-refractivity contribution >= 4 is 11.6 Å². The maximum absolute atomic E-state index is 10.7. The molecule has 0 aliphatic carbocycles. The largest absolute Gasteiger partial charge is 0.354 e. The molecule has 0 atom stereocenters. The van der Waals surface area contributed by atoms with E-state index in [2.05, 4.69) is 34.4 Å². The molecule has 26 heavy (non-hydrogen) atoms. The van der Waals surface area contributed by atoms with Gasteiger partial charge in [0, 0.05) is 46.0 Å². The van der Waals surface area contributed by atoms with Gasteiger partial charge in [-0.2, -0.15) is 10.2 Å². The molecule has 142 valence electrons. The normalized spacial score (nSPS) is 11.8. The van der Waals surface area contributed by atoms with Crippen molar-refractivity contribution in [2.24, 2.45) is 12.0 Å². The second kappa shape index (κ2) is 8.45. The third-order valence-corrected chi connectivity index (χ3v) is 3.92. The molecule has 2 aromatic rings. The van der Waals surface area contributed by atoms with Gasteiger partial charge in [0.15, 0.2) is 5.96 Å². The lowest BCUT2D eigenvalue weighted by Crippen LogP contribution is -2.40. The van der Waals surface area contributed by atoms with E-state index in [9.17, 15) is 10.1 Å². The standard InChI is InChI=1S/C16H26N8O2/c1-12(2)15-13(10-22(5)20-15)9-21(4)16(17-3)18-6-7-23-11-14(8-19-23)24(25)26/h8,10-12H,6-7,9H2,1-5H3,(H,17,18). The first kappa shape index (κ1) is 19.4. The highest BCUT2D eigenvalue weighted by Crippen LogP contribution is 2.18. The van der Waals surface area contributed by atoms with Crippen LogP contribution >= 0.6 is 0 Å². The van der Waals surface area contributed by atoms with Gasteiger partial charge in [0.2, 0.25) is 0 Å². The second-order valence-electron chi connectivity index (χ2n) is 6.42. The monoisotopic (exact) mass is 362 g/mol. The molecule has 0 spiro atoms. The molecule has 0 radical (unpaired) electrons. The number of rotatable bonds is 7. The summed E-state index contributed by atoms with van der Waals surface area (Å²) < 4.78 is 3.37. The zero-order chi connectivity index (χ0) is 19.3. The fourth-order valence-electron chi connectivity index (χ4n) is 2.73. The Bertz CT molecular complexity index is 777. The topological polar surface area (TPSA) is 106 Å². The number of nitrogens with zero attached hydrogens (tertiary/aromatic N) is 7. The van der Waals surface area contributed by atoms with Crippen LogP contribution in [0.1, 0.15) is 31.0 Å². The Labute approximate surface area is 152 Å². The maximum Gasteiger partial charge on any atom is 0.306 e. The van der Waals surface area contributed by atoms with E-state index in [4.69, 9.17) is 0 Å². The van der Waals surface area contributed by atoms with E-state index in [0.29, 0.717) is 25.6 Å². The van der Waals surface area contributed by atoms with E-state index in [1.54, 1.807) is 7.05 Å². The number of hydrogen-bond acceptors (Lipinski definition) is 5. The van der Waals surface area contributed by atoms with Gasteiger partial charge in [-0.05, 0) is 5.92 Å². The van der Waals surface area contributed by atoms with Crippen LogP contribution in [-0.2, 0) is 20.1 Å². The molecule has 1 N–H and O–H groups in total. The Morgan fingerprint density at radius 2 is 2.19 bits per heavy atom. The number of nitro groups is 1. The number of guanidine groups is 1. The van der Waals surface area contributed by atoms with Crippen molar-refractivity contribution in [3.63, 3.8) is 0 Å². The molecule has 0 aliphatic heterocycles. The van der Waals surface area contributed by atoms with Crippen LogP contribution in [0.3, 0.4) is 0 Å². The fraction of sp³-hybridized carbons (Fsp3) is 0.562. The SMILES string of the molecule is CN=C(NCCn1cc([N+](=O)[O-])cn1)N(C)Cc1cn(C)nc1C(C)C. The number of aromatic nitrogens is 4. The van der Waals surface area contributed by atoms with Crippen molar-refractivity contribution in [2.75, 3.05) is 20.6 Å². The van der Waals surface area contributed by atoms with E-state index in [1.807, 2.05) is 29.9 Å². The highest BCUT2D eigenvalue weighted by molar-refractivity contribution is 5.79. The third kappa shape index (κ3) is 4.80. The van der Waals surface area contributed by atoms with Crippen LogP contribution in [0.15, 0.2) is 23.6 Å². The molecular weight excluding hydrogens is 336 g/mol. The van der Waals surface area contributed by atoms with Crippen molar-refractivity contribution in [3.8, 4) is 0 Å². The number of aryl methyl sites for hydroxylation is 1. The zero-order valence-corrected chi connectivity index (χ0v) is 15.9. The minimum atomic E-state index is -0.455. The number of nitrogens with one attached hydrogen (secondary N) is 1. The van der Waals surface area contributed by atoms with Gasteiger partial charge in [-0.15, -0.1) is 0 Å². The molecule has 0 aliphatic rings. The van der Waals surface area contributed by atoms with Crippen molar-refractivity contribution in [1.29, 1.82) is 0 Å². The highest BCUT2D eigenvalue weighted by atomic mass is 16.6. The van der Waals surface area contributed by atoms with Crippen molar-refractivity contribution < 1.29 is 4.92 Å². The van der Waals surface area contributed by atoms with Crippen LogP contribution in [-0.4, -0.2) is 56.0 Å². The average molecular weight is 362 g/mol. The van der Waals surface area contributed by atoms with Crippen molar-refractivity contribution in [2.45, 2.75) is 32.9 Å².